The SMILES string of the molecule is O=C(CCC(=O)c1ccc(F)cc1)Nc1ccccn1. The molecule has 1 N–H and O–H groups in total. The quantitative estimate of drug-likeness (QED) is 0.851. The number of nitrogens with one attached hydrogen (secondary N) is 1. The van der Waals surface area contributed by atoms with Crippen LogP contribution in [0.15, 0.2) is 48.7 Å². The number of anilines is 1. The fraction of sp³-hybridized carbons (Fsp3) is 0.133. The van der Waals surface area contributed by atoms with Crippen LogP contribution >= 0.6 is 0 Å². The number of benzene rings is 1. The van der Waals surface area contributed by atoms with Gasteiger partial charge in [0.2, 0.25) is 5.91 Å². The Balaban J connectivity index is 1.84. The third kappa shape index (κ3) is 3.98. The molecule has 1 aromatic carbocycles. The molecule has 1 aromatic heterocycles. The predicted molar refractivity (Wildman–Crippen MR) is 72.8 cm³/mol. The van der Waals surface area contributed by atoms with Gasteiger partial charge in [0.05, 0.1) is 0 Å². The topological polar surface area (TPSA) is 59.1 Å². The van der Waals surface area contributed by atoms with E-state index in [-0.39, 0.29) is 24.5 Å². The molecule has 102 valence electrons. The molecule has 5 heteroatoms. The van der Waals surface area contributed by atoms with Gasteiger partial charge in [-0.25, -0.2) is 9.37 Å². The van der Waals surface area contributed by atoms with Crippen LogP contribution in [0.3, 0.4) is 0 Å². The molecule has 20 heavy (non-hydrogen) atoms. The monoisotopic (exact) mass is 272 g/mol. The normalized spacial score (nSPS) is 10.1. The largest absolute Gasteiger partial charge is 0.311 e. The van der Waals surface area contributed by atoms with Crippen LogP contribution in [0.4, 0.5) is 10.2 Å². The molecule has 0 fully saturated rings. The van der Waals surface area contributed by atoms with E-state index in [1.54, 1.807) is 24.4 Å². The summed E-state index contributed by atoms with van der Waals surface area (Å²) in [5.74, 6) is -0.415. The van der Waals surface area contributed by atoms with Gasteiger partial charge in [-0.05, 0) is 36.4 Å². The Labute approximate surface area is 115 Å². The number of nitrogens with zero attached hydrogens (tertiary/aromatic N) is 1. The predicted octanol–water partition coefficient (Wildman–Crippen LogP) is 2.82. The number of ketones is 1. The van der Waals surface area contributed by atoms with Crippen LogP contribution in [0.25, 0.3) is 0 Å². The highest BCUT2D eigenvalue weighted by atomic mass is 19.1. The van der Waals surface area contributed by atoms with E-state index in [0.29, 0.717) is 11.4 Å². The minimum atomic E-state index is -0.394. The fourth-order valence-electron chi connectivity index (χ4n) is 1.65. The third-order valence-corrected chi connectivity index (χ3v) is 2.68. The van der Waals surface area contributed by atoms with Crippen LogP contribution in [0.2, 0.25) is 0 Å². The van der Waals surface area contributed by atoms with Crippen molar-refractivity contribution in [1.82, 2.24) is 4.98 Å². The molecule has 0 saturated carbocycles. The van der Waals surface area contributed by atoms with Crippen LogP contribution in [0.1, 0.15) is 23.2 Å². The Morgan fingerprint density at radius 3 is 2.45 bits per heavy atom. The van der Waals surface area contributed by atoms with Crippen LogP contribution in [-0.4, -0.2) is 16.7 Å². The lowest BCUT2D eigenvalue weighted by molar-refractivity contribution is -0.116. The maximum absolute atomic E-state index is 12.7. The van der Waals surface area contributed by atoms with E-state index in [1.807, 2.05) is 0 Å². The Kier molecular flexibility index (Phi) is 4.55. The molecular weight excluding hydrogens is 259 g/mol. The number of Topliss-reactive ketones (excluding diaryl/α,β-unsaturated/α-hetero) is 1. The molecule has 0 atom stereocenters. The lowest BCUT2D eigenvalue weighted by Crippen LogP contribution is -2.14. The maximum atomic E-state index is 12.7. The summed E-state index contributed by atoms with van der Waals surface area (Å²) in [4.78, 5) is 27.4. The van der Waals surface area contributed by atoms with Gasteiger partial charge in [0, 0.05) is 24.6 Å². The number of carbonyl (C=O) groups is 2. The summed E-state index contributed by atoms with van der Waals surface area (Å²) in [6.45, 7) is 0. The van der Waals surface area contributed by atoms with Crippen molar-refractivity contribution in [3.8, 4) is 0 Å². The number of carbonyl (C=O) groups excluding carboxylic acids is 2. The highest BCUT2D eigenvalue weighted by molar-refractivity contribution is 5.99. The number of halogens is 1. The van der Waals surface area contributed by atoms with E-state index in [2.05, 4.69) is 10.3 Å². The average Bonchev–Trinajstić information content (AvgIpc) is 2.46. The van der Waals surface area contributed by atoms with E-state index >= 15 is 0 Å². The van der Waals surface area contributed by atoms with Crippen molar-refractivity contribution < 1.29 is 14.0 Å². The maximum Gasteiger partial charge on any atom is 0.225 e. The minimum Gasteiger partial charge on any atom is -0.311 e. The van der Waals surface area contributed by atoms with Crippen molar-refractivity contribution in [2.24, 2.45) is 0 Å². The van der Waals surface area contributed by atoms with Gasteiger partial charge < -0.3 is 5.32 Å². The molecule has 0 aliphatic carbocycles. The Bertz CT molecular complexity index is 597. The standard InChI is InChI=1S/C15H13FN2O2/c16-12-6-4-11(5-7-12)13(19)8-9-15(20)18-14-3-1-2-10-17-14/h1-7,10H,8-9H2,(H,17,18,20). The molecule has 2 aromatic rings. The number of pyridine rings is 1. The van der Waals surface area contributed by atoms with Crippen molar-refractivity contribution in [3.63, 3.8) is 0 Å². The molecular formula is C15H13FN2O2. The second-order valence-corrected chi connectivity index (χ2v) is 4.19. The fourth-order valence-corrected chi connectivity index (χ4v) is 1.65. The zero-order valence-electron chi connectivity index (χ0n) is 10.7. The first kappa shape index (κ1) is 13.9. The zero-order chi connectivity index (χ0) is 14.4. The Morgan fingerprint density at radius 1 is 1.05 bits per heavy atom. The number of hydrogen-bond donors (Lipinski definition) is 1. The summed E-state index contributed by atoms with van der Waals surface area (Å²) >= 11 is 0. The molecule has 2 rings (SSSR count). The molecule has 0 bridgehead atoms. The lowest BCUT2D eigenvalue weighted by atomic mass is 10.1. The van der Waals surface area contributed by atoms with Crippen LogP contribution < -0.4 is 5.32 Å². The minimum absolute atomic E-state index is 0.0623. The van der Waals surface area contributed by atoms with Gasteiger partial charge >= 0.3 is 0 Å². The molecule has 0 aliphatic rings. The van der Waals surface area contributed by atoms with Gasteiger partial charge in [-0.3, -0.25) is 9.59 Å². The molecule has 1 heterocycles. The summed E-state index contributed by atoms with van der Waals surface area (Å²) in [5.41, 5.74) is 0.400. The summed E-state index contributed by atoms with van der Waals surface area (Å²) < 4.78 is 12.7. The second kappa shape index (κ2) is 6.56. The Morgan fingerprint density at radius 2 is 1.80 bits per heavy atom. The lowest BCUT2D eigenvalue weighted by Gasteiger charge is -2.04. The van der Waals surface area contributed by atoms with E-state index in [9.17, 15) is 14.0 Å². The van der Waals surface area contributed by atoms with E-state index < -0.39 is 5.82 Å². The van der Waals surface area contributed by atoms with Gasteiger partial charge in [-0.15, -0.1) is 0 Å². The first-order valence-electron chi connectivity index (χ1n) is 6.15. The van der Waals surface area contributed by atoms with Crippen molar-refractivity contribution in [3.05, 3.63) is 60.0 Å². The molecule has 0 saturated heterocycles. The summed E-state index contributed by atoms with van der Waals surface area (Å²) in [5, 5.41) is 2.60. The summed E-state index contributed by atoms with van der Waals surface area (Å²) in [6.07, 6.45) is 1.70. The molecule has 4 nitrogen and oxygen atoms in total. The summed E-state index contributed by atoms with van der Waals surface area (Å²) in [6, 6.07) is 10.4. The second-order valence-electron chi connectivity index (χ2n) is 4.19. The van der Waals surface area contributed by atoms with Gasteiger partial charge in [0.15, 0.2) is 5.78 Å². The van der Waals surface area contributed by atoms with Crippen molar-refractivity contribution in [1.29, 1.82) is 0 Å². The molecule has 0 aliphatic heterocycles. The van der Waals surface area contributed by atoms with Crippen molar-refractivity contribution in [2.45, 2.75) is 12.8 Å². The third-order valence-electron chi connectivity index (χ3n) is 2.68. The van der Waals surface area contributed by atoms with Crippen LogP contribution in [-0.2, 0) is 4.79 Å². The number of amides is 1. The highest BCUT2D eigenvalue weighted by Crippen LogP contribution is 2.08. The number of hydrogen-bond acceptors (Lipinski definition) is 3. The van der Waals surface area contributed by atoms with Crippen LogP contribution in [0, 0.1) is 5.82 Å². The van der Waals surface area contributed by atoms with Crippen molar-refractivity contribution in [2.75, 3.05) is 5.32 Å². The molecule has 0 radical (unpaired) electrons. The first-order chi connectivity index (χ1) is 9.65. The zero-order valence-corrected chi connectivity index (χ0v) is 10.7. The smallest absolute Gasteiger partial charge is 0.225 e. The van der Waals surface area contributed by atoms with Gasteiger partial charge in [0.1, 0.15) is 11.6 Å². The van der Waals surface area contributed by atoms with Gasteiger partial charge in [-0.1, -0.05) is 6.07 Å². The highest BCUT2D eigenvalue weighted by Gasteiger charge is 2.09. The van der Waals surface area contributed by atoms with E-state index in [0.717, 1.165) is 0 Å². The number of rotatable bonds is 5. The molecule has 0 unspecified atom stereocenters. The van der Waals surface area contributed by atoms with Gasteiger partial charge in [-0.2, -0.15) is 0 Å². The van der Waals surface area contributed by atoms with Gasteiger partial charge in [0.25, 0.3) is 0 Å². The van der Waals surface area contributed by atoms with E-state index in [1.165, 1.54) is 24.3 Å². The van der Waals surface area contributed by atoms with E-state index in [4.69, 9.17) is 0 Å². The first-order valence-corrected chi connectivity index (χ1v) is 6.15. The van der Waals surface area contributed by atoms with Crippen molar-refractivity contribution >= 4 is 17.5 Å². The Hall–Kier alpha value is -2.56. The summed E-state index contributed by atoms with van der Waals surface area (Å²) in [7, 11) is 0. The van der Waals surface area contributed by atoms with Crippen LogP contribution in [0.5, 0.6) is 0 Å². The molecule has 0 spiro atoms. The molecule has 1 amide bonds. The number of aromatic nitrogens is 1. The average molecular weight is 272 g/mol.